The van der Waals surface area contributed by atoms with E-state index in [9.17, 15) is 5.11 Å². The summed E-state index contributed by atoms with van der Waals surface area (Å²) in [5, 5.41) is 9.89. The molecule has 1 aliphatic rings. The number of benzene rings is 1. The molecule has 0 unspecified atom stereocenters. The van der Waals surface area contributed by atoms with E-state index in [1.165, 1.54) is 0 Å². The van der Waals surface area contributed by atoms with Crippen molar-refractivity contribution in [1.82, 2.24) is 0 Å². The first-order valence-electron chi connectivity index (χ1n) is 6.13. The fourth-order valence-corrected chi connectivity index (χ4v) is 2.14. The summed E-state index contributed by atoms with van der Waals surface area (Å²) in [4.78, 5) is 0. The number of rotatable bonds is 3. The lowest BCUT2D eigenvalue weighted by molar-refractivity contribution is -0.172. The fraction of sp³-hybridized carbons (Fsp3) is 0.571. The van der Waals surface area contributed by atoms with E-state index in [0.29, 0.717) is 13.2 Å². The molecule has 3 nitrogen and oxygen atoms in total. The van der Waals surface area contributed by atoms with Gasteiger partial charge in [-0.15, -0.1) is 0 Å². The average molecular weight is 236 g/mol. The molecule has 2 rings (SSSR count). The topological polar surface area (TPSA) is 38.7 Å². The van der Waals surface area contributed by atoms with Crippen LogP contribution in [0.3, 0.4) is 0 Å². The van der Waals surface area contributed by atoms with Crippen LogP contribution in [0, 0.1) is 5.92 Å². The molecule has 94 valence electrons. The highest BCUT2D eigenvalue weighted by Crippen LogP contribution is 2.24. The Balaban J connectivity index is 1.93. The molecule has 4 atom stereocenters. The molecule has 0 amide bonds. The Bertz CT molecular complexity index is 339. The minimum Gasteiger partial charge on any atom is -0.388 e. The lowest BCUT2D eigenvalue weighted by Crippen LogP contribution is -2.48. The van der Waals surface area contributed by atoms with Crippen molar-refractivity contribution in [3.63, 3.8) is 0 Å². The Morgan fingerprint density at radius 3 is 2.71 bits per heavy atom. The summed E-state index contributed by atoms with van der Waals surface area (Å²) in [7, 11) is 0. The van der Waals surface area contributed by atoms with Crippen molar-refractivity contribution in [2.75, 3.05) is 6.61 Å². The second-order valence-corrected chi connectivity index (χ2v) is 4.73. The van der Waals surface area contributed by atoms with E-state index in [1.54, 1.807) is 0 Å². The Kier molecular flexibility index (Phi) is 4.15. The Hall–Kier alpha value is -0.900. The minimum absolute atomic E-state index is 0.138. The summed E-state index contributed by atoms with van der Waals surface area (Å²) in [6.45, 7) is 4.99. The van der Waals surface area contributed by atoms with Gasteiger partial charge in [0.1, 0.15) is 6.10 Å². The fourth-order valence-electron chi connectivity index (χ4n) is 2.14. The van der Waals surface area contributed by atoms with E-state index >= 15 is 0 Å². The molecule has 0 saturated carbocycles. The number of hydrogen-bond donors (Lipinski definition) is 1. The van der Waals surface area contributed by atoms with Crippen LogP contribution in [0.4, 0.5) is 0 Å². The van der Waals surface area contributed by atoms with Gasteiger partial charge < -0.3 is 14.6 Å². The second kappa shape index (κ2) is 5.63. The number of aliphatic hydroxyl groups is 1. The molecule has 1 N–H and O–H groups in total. The number of aliphatic hydroxyl groups excluding tert-OH is 1. The van der Waals surface area contributed by atoms with Gasteiger partial charge in [-0.3, -0.25) is 0 Å². The average Bonchev–Trinajstić information content (AvgIpc) is 2.35. The molecule has 0 aliphatic carbocycles. The smallest absolute Gasteiger partial charge is 0.104 e. The summed E-state index contributed by atoms with van der Waals surface area (Å²) in [5.41, 5.74) is 1.13. The molecule has 1 heterocycles. The van der Waals surface area contributed by atoms with Crippen LogP contribution in [0.5, 0.6) is 0 Å². The first kappa shape index (κ1) is 12.6. The van der Waals surface area contributed by atoms with Gasteiger partial charge in [0.15, 0.2) is 0 Å². The van der Waals surface area contributed by atoms with E-state index in [1.807, 2.05) is 37.3 Å². The zero-order valence-electron chi connectivity index (χ0n) is 10.4. The normalized spacial score (nSPS) is 33.6. The highest BCUT2D eigenvalue weighted by atomic mass is 16.5. The van der Waals surface area contributed by atoms with Crippen LogP contribution in [-0.2, 0) is 16.1 Å². The zero-order chi connectivity index (χ0) is 12.3. The maximum absolute atomic E-state index is 9.89. The van der Waals surface area contributed by atoms with Gasteiger partial charge in [-0.05, 0) is 12.5 Å². The third-order valence-electron chi connectivity index (χ3n) is 3.45. The van der Waals surface area contributed by atoms with Crippen molar-refractivity contribution in [3.05, 3.63) is 35.9 Å². The van der Waals surface area contributed by atoms with Crippen molar-refractivity contribution in [2.24, 2.45) is 5.92 Å². The van der Waals surface area contributed by atoms with Crippen LogP contribution in [0.15, 0.2) is 30.3 Å². The maximum Gasteiger partial charge on any atom is 0.104 e. The third kappa shape index (κ3) is 3.06. The van der Waals surface area contributed by atoms with Gasteiger partial charge in [0.2, 0.25) is 0 Å². The van der Waals surface area contributed by atoms with Crippen LogP contribution in [0.25, 0.3) is 0 Å². The Morgan fingerprint density at radius 2 is 2.00 bits per heavy atom. The van der Waals surface area contributed by atoms with Gasteiger partial charge in [-0.2, -0.15) is 0 Å². The SMILES string of the molecule is C[C@H]1[C@H](OCc2ccccc2)[C@@H](O)CO[C@H]1C. The highest BCUT2D eigenvalue weighted by Gasteiger charge is 2.35. The summed E-state index contributed by atoms with van der Waals surface area (Å²) in [5.74, 6) is 0.211. The van der Waals surface area contributed by atoms with Crippen molar-refractivity contribution in [2.45, 2.75) is 38.8 Å². The predicted octanol–water partition coefficient (Wildman–Crippen LogP) is 1.99. The second-order valence-electron chi connectivity index (χ2n) is 4.73. The molecular weight excluding hydrogens is 216 g/mol. The first-order valence-corrected chi connectivity index (χ1v) is 6.13. The van der Waals surface area contributed by atoms with Gasteiger partial charge in [0.25, 0.3) is 0 Å². The number of ether oxygens (including phenoxy) is 2. The molecule has 0 radical (unpaired) electrons. The third-order valence-corrected chi connectivity index (χ3v) is 3.45. The van der Waals surface area contributed by atoms with Gasteiger partial charge in [-0.25, -0.2) is 0 Å². The molecule has 0 spiro atoms. The minimum atomic E-state index is -0.523. The standard InChI is InChI=1S/C14H20O3/c1-10-11(2)16-9-13(15)14(10)17-8-12-6-4-3-5-7-12/h3-7,10-11,13-15H,8-9H2,1-2H3/t10-,11+,13+,14+/m1/s1. The summed E-state index contributed by atoms with van der Waals surface area (Å²) in [6, 6.07) is 10.0. The monoisotopic (exact) mass is 236 g/mol. The van der Waals surface area contributed by atoms with E-state index < -0.39 is 6.10 Å². The van der Waals surface area contributed by atoms with Crippen molar-refractivity contribution >= 4 is 0 Å². The summed E-state index contributed by atoms with van der Waals surface area (Å²) >= 11 is 0. The first-order chi connectivity index (χ1) is 8.18. The van der Waals surface area contributed by atoms with E-state index in [4.69, 9.17) is 9.47 Å². The van der Waals surface area contributed by atoms with E-state index in [-0.39, 0.29) is 18.1 Å². The van der Waals surface area contributed by atoms with Crippen molar-refractivity contribution < 1.29 is 14.6 Å². The lowest BCUT2D eigenvalue weighted by atomic mass is 9.92. The van der Waals surface area contributed by atoms with Gasteiger partial charge in [0.05, 0.1) is 25.4 Å². The van der Waals surface area contributed by atoms with Gasteiger partial charge in [0, 0.05) is 5.92 Å². The zero-order valence-corrected chi connectivity index (χ0v) is 10.4. The molecule has 1 fully saturated rings. The molecule has 3 heteroatoms. The largest absolute Gasteiger partial charge is 0.388 e. The molecule has 1 aromatic rings. The van der Waals surface area contributed by atoms with Crippen LogP contribution in [0.2, 0.25) is 0 Å². The molecule has 1 aromatic carbocycles. The maximum atomic E-state index is 9.89. The summed E-state index contributed by atoms with van der Waals surface area (Å²) in [6.07, 6.45) is -0.525. The molecule has 1 aliphatic heterocycles. The van der Waals surface area contributed by atoms with Crippen molar-refractivity contribution in [1.29, 1.82) is 0 Å². The van der Waals surface area contributed by atoms with Gasteiger partial charge in [-0.1, -0.05) is 37.3 Å². The number of hydrogen-bond acceptors (Lipinski definition) is 3. The summed E-state index contributed by atoms with van der Waals surface area (Å²) < 4.78 is 11.3. The lowest BCUT2D eigenvalue weighted by Gasteiger charge is -2.37. The van der Waals surface area contributed by atoms with E-state index in [2.05, 4.69) is 6.92 Å². The molecule has 17 heavy (non-hydrogen) atoms. The molecular formula is C14H20O3. The quantitative estimate of drug-likeness (QED) is 0.872. The predicted molar refractivity (Wildman–Crippen MR) is 65.6 cm³/mol. The highest BCUT2D eigenvalue weighted by molar-refractivity contribution is 5.13. The molecule has 1 saturated heterocycles. The van der Waals surface area contributed by atoms with Crippen LogP contribution >= 0.6 is 0 Å². The van der Waals surface area contributed by atoms with Crippen LogP contribution in [0.1, 0.15) is 19.4 Å². The molecule has 0 bridgehead atoms. The Morgan fingerprint density at radius 1 is 1.29 bits per heavy atom. The van der Waals surface area contributed by atoms with E-state index in [0.717, 1.165) is 5.56 Å². The van der Waals surface area contributed by atoms with Gasteiger partial charge >= 0.3 is 0 Å². The van der Waals surface area contributed by atoms with Crippen molar-refractivity contribution in [3.8, 4) is 0 Å². The molecule has 0 aromatic heterocycles. The van der Waals surface area contributed by atoms with Crippen LogP contribution in [-0.4, -0.2) is 30.0 Å². The van der Waals surface area contributed by atoms with Crippen LogP contribution < -0.4 is 0 Å². The Labute approximate surface area is 102 Å².